The number of aldehydes is 1. The smallest absolute Gasteiger partial charge is 0.451 e. The molecule has 0 N–H and O–H groups in total. The molecule has 1 aliphatic rings. The van der Waals surface area contributed by atoms with Crippen molar-refractivity contribution in [3.8, 4) is 5.88 Å². The van der Waals surface area contributed by atoms with Gasteiger partial charge in [-0.2, -0.15) is 18.2 Å². The van der Waals surface area contributed by atoms with Crippen LogP contribution in [-0.4, -0.2) is 71.3 Å². The summed E-state index contributed by atoms with van der Waals surface area (Å²) in [4.78, 5) is 40.6. The van der Waals surface area contributed by atoms with Gasteiger partial charge in [0.25, 0.3) is 0 Å². The molecule has 10 nitrogen and oxygen atoms in total. The Kier molecular flexibility index (Phi) is 8.72. The van der Waals surface area contributed by atoms with Crippen LogP contribution in [0.5, 0.6) is 5.88 Å². The van der Waals surface area contributed by atoms with Crippen molar-refractivity contribution in [2.75, 3.05) is 26.0 Å². The molecular formula is C25H22F5N5O5S. The van der Waals surface area contributed by atoms with E-state index in [0.29, 0.717) is 6.29 Å². The fourth-order valence-electron chi connectivity index (χ4n) is 4.44. The van der Waals surface area contributed by atoms with Gasteiger partial charge in [0.1, 0.15) is 17.9 Å². The summed E-state index contributed by atoms with van der Waals surface area (Å²) in [5.74, 6) is -5.01. The topological polar surface area (TPSA) is 132 Å². The molecule has 0 saturated carbocycles. The van der Waals surface area contributed by atoms with Gasteiger partial charge in [-0.15, -0.1) is 0 Å². The van der Waals surface area contributed by atoms with Crippen LogP contribution in [0.15, 0.2) is 41.8 Å². The zero-order valence-corrected chi connectivity index (χ0v) is 22.1. The molecule has 0 aliphatic carbocycles. The first-order chi connectivity index (χ1) is 19.3. The molecule has 16 heteroatoms. The number of nitrogens with zero attached hydrogens (tertiary/aromatic N) is 5. The van der Waals surface area contributed by atoms with Crippen molar-refractivity contribution in [2.24, 2.45) is 0 Å². The number of carbonyl (C=O) groups excluding carboxylic acids is 2. The first kappa shape index (κ1) is 30.0. The molecule has 0 radical (unpaired) electrons. The highest BCUT2D eigenvalue weighted by atomic mass is 32.2. The number of ether oxygens (including phenoxy) is 1. The van der Waals surface area contributed by atoms with Crippen LogP contribution in [-0.2, 0) is 20.8 Å². The number of rotatable bonds is 9. The van der Waals surface area contributed by atoms with Gasteiger partial charge in [-0.3, -0.25) is 9.69 Å². The lowest BCUT2D eigenvalue weighted by atomic mass is 9.88. The first-order valence-electron chi connectivity index (χ1n) is 12.1. The summed E-state index contributed by atoms with van der Waals surface area (Å²) in [5, 5.41) is -0.544. The van der Waals surface area contributed by atoms with Crippen molar-refractivity contribution in [1.82, 2.24) is 24.8 Å². The molecule has 2 aromatic heterocycles. The third kappa shape index (κ3) is 6.87. The zero-order chi connectivity index (χ0) is 29.9. The zero-order valence-electron chi connectivity index (χ0n) is 21.3. The Balaban J connectivity index is 1.56. The number of Topliss-reactive ketones (excluding diaryl/α,β-unsaturated/α-hetero) is 1. The van der Waals surface area contributed by atoms with E-state index in [0.717, 1.165) is 36.8 Å². The van der Waals surface area contributed by atoms with Crippen molar-refractivity contribution in [1.29, 1.82) is 0 Å². The van der Waals surface area contributed by atoms with E-state index in [2.05, 4.69) is 19.9 Å². The largest absolute Gasteiger partial charge is 0.469 e. The van der Waals surface area contributed by atoms with Crippen LogP contribution in [0.2, 0.25) is 0 Å². The maximum atomic E-state index is 14.3. The lowest BCUT2D eigenvalue weighted by molar-refractivity contribution is -0.145. The summed E-state index contributed by atoms with van der Waals surface area (Å²) >= 11 is 0. The fraction of sp³-hybridized carbons (Fsp3) is 0.360. The van der Waals surface area contributed by atoms with Gasteiger partial charge >= 0.3 is 6.18 Å². The Bertz CT molecular complexity index is 1540. The van der Waals surface area contributed by atoms with Crippen LogP contribution in [0.1, 0.15) is 52.2 Å². The van der Waals surface area contributed by atoms with Crippen LogP contribution in [0.25, 0.3) is 0 Å². The Labute approximate surface area is 230 Å². The Hall–Kier alpha value is -3.92. The fourth-order valence-corrected chi connectivity index (χ4v) is 4.95. The summed E-state index contributed by atoms with van der Waals surface area (Å²) in [6.07, 6.45) is -1.26. The summed E-state index contributed by atoms with van der Waals surface area (Å²) in [6.45, 7) is -0.474. The number of hydrogen-bond donors (Lipinski definition) is 0. The summed E-state index contributed by atoms with van der Waals surface area (Å²) < 4.78 is 96.7. The summed E-state index contributed by atoms with van der Waals surface area (Å²) in [7, 11) is -3.88. The average Bonchev–Trinajstić information content (AvgIpc) is 2.93. The van der Waals surface area contributed by atoms with E-state index < -0.39 is 74.4 Å². The normalized spacial score (nSPS) is 15.9. The van der Waals surface area contributed by atoms with E-state index in [1.165, 1.54) is 6.07 Å². The number of aromatic nitrogens is 4. The standard InChI is InChI=1S/C25H22F5N5O5S/c1-41(38,39)24-32-11-15(19(37)13-40-20-5-8-31-23(33-20)25(28,29)30)22(34-24)14-6-9-35(10-7-14)18(12-36)21-16(26)3-2-4-17(21)27/h2-5,8,11-12,14,18H,6-7,9-10,13H2,1H3. The lowest BCUT2D eigenvalue weighted by Crippen LogP contribution is -2.38. The number of sulfone groups is 1. The van der Waals surface area contributed by atoms with E-state index in [1.807, 2.05) is 0 Å². The molecule has 0 amide bonds. The van der Waals surface area contributed by atoms with Crippen LogP contribution in [0, 0.1) is 11.6 Å². The number of halogens is 5. The van der Waals surface area contributed by atoms with Crippen LogP contribution in [0.3, 0.4) is 0 Å². The molecule has 1 aliphatic heterocycles. The number of carbonyl (C=O) groups is 2. The Morgan fingerprint density at radius 3 is 2.37 bits per heavy atom. The quantitative estimate of drug-likeness (QED) is 0.156. The molecule has 0 spiro atoms. The minimum atomic E-state index is -4.83. The van der Waals surface area contributed by atoms with Crippen LogP contribution < -0.4 is 4.74 Å². The molecule has 1 atom stereocenters. The third-order valence-corrected chi connectivity index (χ3v) is 7.26. The minimum absolute atomic E-state index is 0.0621. The van der Waals surface area contributed by atoms with Gasteiger partial charge in [-0.25, -0.2) is 32.2 Å². The number of hydrogen-bond acceptors (Lipinski definition) is 10. The van der Waals surface area contributed by atoms with E-state index in [1.54, 1.807) is 4.90 Å². The highest BCUT2D eigenvalue weighted by molar-refractivity contribution is 7.90. The molecule has 1 unspecified atom stereocenters. The van der Waals surface area contributed by atoms with E-state index >= 15 is 0 Å². The molecule has 1 fully saturated rings. The monoisotopic (exact) mass is 599 g/mol. The predicted molar refractivity (Wildman–Crippen MR) is 131 cm³/mol. The van der Waals surface area contributed by atoms with Crippen molar-refractivity contribution in [3.63, 3.8) is 0 Å². The molecule has 4 rings (SSSR count). The van der Waals surface area contributed by atoms with Gasteiger partial charge in [0.2, 0.25) is 32.5 Å². The third-order valence-electron chi connectivity index (χ3n) is 6.40. The number of alkyl halides is 3. The van der Waals surface area contributed by atoms with Gasteiger partial charge in [-0.1, -0.05) is 6.07 Å². The molecule has 1 saturated heterocycles. The molecule has 1 aromatic carbocycles. The molecular weight excluding hydrogens is 577 g/mol. The lowest BCUT2D eigenvalue weighted by Gasteiger charge is -2.35. The van der Waals surface area contributed by atoms with E-state index in [9.17, 15) is 40.0 Å². The number of benzene rings is 1. The maximum Gasteiger partial charge on any atom is 0.451 e. The SMILES string of the molecule is CS(=O)(=O)c1ncc(C(=O)COc2ccnc(C(F)(F)F)n2)c(C2CCN(C(C=O)c3c(F)cccc3F)CC2)n1. The van der Waals surface area contributed by atoms with Crippen molar-refractivity contribution in [3.05, 3.63) is 70.9 Å². The van der Waals surface area contributed by atoms with Crippen molar-refractivity contribution < 1.29 is 44.7 Å². The number of piperidine rings is 1. The van der Waals surface area contributed by atoms with E-state index in [4.69, 9.17) is 4.74 Å². The second-order valence-electron chi connectivity index (χ2n) is 9.18. The highest BCUT2D eigenvalue weighted by Gasteiger charge is 2.35. The first-order valence-corrected chi connectivity index (χ1v) is 13.9. The number of ketones is 1. The van der Waals surface area contributed by atoms with Crippen LogP contribution >= 0.6 is 0 Å². The highest BCUT2D eigenvalue weighted by Crippen LogP contribution is 2.34. The minimum Gasteiger partial charge on any atom is -0.469 e. The predicted octanol–water partition coefficient (Wildman–Crippen LogP) is 3.35. The van der Waals surface area contributed by atoms with Gasteiger partial charge in [-0.05, 0) is 38.1 Å². The maximum absolute atomic E-state index is 14.3. The second kappa shape index (κ2) is 11.9. The summed E-state index contributed by atoms with van der Waals surface area (Å²) in [5.41, 5.74) is -0.450. The van der Waals surface area contributed by atoms with E-state index in [-0.39, 0.29) is 37.2 Å². The molecule has 218 valence electrons. The Morgan fingerprint density at radius 2 is 1.78 bits per heavy atom. The molecule has 3 heterocycles. The number of likely N-dealkylation sites (tertiary alicyclic amines) is 1. The van der Waals surface area contributed by atoms with Gasteiger partial charge in [0.05, 0.1) is 17.3 Å². The second-order valence-corrected chi connectivity index (χ2v) is 11.1. The van der Waals surface area contributed by atoms with Gasteiger partial charge < -0.3 is 9.53 Å². The average molecular weight is 600 g/mol. The van der Waals surface area contributed by atoms with Gasteiger partial charge in [0.15, 0.2) is 6.61 Å². The summed E-state index contributed by atoms with van der Waals surface area (Å²) in [6, 6.07) is 3.09. The van der Waals surface area contributed by atoms with Crippen molar-refractivity contribution >= 4 is 21.9 Å². The van der Waals surface area contributed by atoms with Crippen LogP contribution in [0.4, 0.5) is 22.0 Å². The molecule has 0 bridgehead atoms. The Morgan fingerprint density at radius 1 is 1.12 bits per heavy atom. The molecule has 41 heavy (non-hydrogen) atoms. The molecule has 3 aromatic rings. The van der Waals surface area contributed by atoms with Crippen molar-refractivity contribution in [2.45, 2.75) is 36.1 Å². The van der Waals surface area contributed by atoms with Gasteiger partial charge in [0, 0.05) is 36.2 Å².